The summed E-state index contributed by atoms with van der Waals surface area (Å²) in [6.07, 6.45) is 17.7. The molecule has 0 aromatic carbocycles. The molecule has 170 valence electrons. The zero-order chi connectivity index (χ0) is 21.2. The minimum Gasteiger partial charge on any atom is -0.464 e. The van der Waals surface area contributed by atoms with Gasteiger partial charge in [-0.1, -0.05) is 90.4 Å². The minimum absolute atomic E-state index is 0.136. The molecule has 0 radical (unpaired) electrons. The molecule has 1 amide bonds. The van der Waals surface area contributed by atoms with Crippen LogP contribution in [-0.4, -0.2) is 36.7 Å². The third-order valence-electron chi connectivity index (χ3n) is 5.73. The zero-order valence-electron chi connectivity index (χ0n) is 18.4. The molecule has 0 aliphatic heterocycles. The Bertz CT molecular complexity index is 439. The SMILES string of the molecule is CCCCCCCCCCCCCCOC(=O)C1(NC(=O)OCCCl)CCCC1. The Morgan fingerprint density at radius 1 is 0.793 bits per heavy atom. The number of hydrogen-bond acceptors (Lipinski definition) is 4. The summed E-state index contributed by atoms with van der Waals surface area (Å²) in [5.74, 6) is -0.0787. The van der Waals surface area contributed by atoms with E-state index in [1.165, 1.54) is 64.2 Å². The van der Waals surface area contributed by atoms with Crippen LogP contribution in [-0.2, 0) is 14.3 Å². The van der Waals surface area contributed by atoms with Gasteiger partial charge in [-0.15, -0.1) is 11.6 Å². The van der Waals surface area contributed by atoms with E-state index in [2.05, 4.69) is 12.2 Å². The highest BCUT2D eigenvalue weighted by atomic mass is 35.5. The molecule has 29 heavy (non-hydrogen) atoms. The second kappa shape index (κ2) is 16.8. The molecule has 1 saturated carbocycles. The largest absolute Gasteiger partial charge is 0.464 e. The quantitative estimate of drug-likeness (QED) is 0.162. The molecule has 1 fully saturated rings. The summed E-state index contributed by atoms with van der Waals surface area (Å²) in [7, 11) is 0. The minimum atomic E-state index is -0.916. The molecule has 5 nitrogen and oxygen atoms in total. The molecule has 1 rings (SSSR count). The van der Waals surface area contributed by atoms with Crippen LogP contribution in [0.3, 0.4) is 0 Å². The van der Waals surface area contributed by atoms with E-state index in [0.29, 0.717) is 19.4 Å². The van der Waals surface area contributed by atoms with Gasteiger partial charge in [0.25, 0.3) is 0 Å². The number of alkyl halides is 1. The Balaban J connectivity index is 2.06. The van der Waals surface area contributed by atoms with Crippen LogP contribution in [0.2, 0.25) is 0 Å². The first-order valence-electron chi connectivity index (χ1n) is 11.8. The molecule has 0 aromatic rings. The molecular weight excluding hydrogens is 390 g/mol. The lowest BCUT2D eigenvalue weighted by Gasteiger charge is -2.27. The topological polar surface area (TPSA) is 64.6 Å². The standard InChI is InChI=1S/C23H42ClNO4/c1-2-3-4-5-6-7-8-9-10-11-12-15-19-28-21(26)23(16-13-14-17-23)25-22(27)29-20-18-24/h2-20H2,1H3,(H,25,27). The number of nitrogens with one attached hydrogen (secondary N) is 1. The van der Waals surface area contributed by atoms with Gasteiger partial charge in [-0.25, -0.2) is 9.59 Å². The summed E-state index contributed by atoms with van der Waals surface area (Å²) in [4.78, 5) is 24.4. The van der Waals surface area contributed by atoms with Crippen molar-refractivity contribution in [2.45, 2.75) is 115 Å². The van der Waals surface area contributed by atoms with Gasteiger partial charge in [0.1, 0.15) is 12.1 Å². The molecule has 1 aliphatic carbocycles. The second-order valence-corrected chi connectivity index (χ2v) is 8.64. The van der Waals surface area contributed by atoms with Crippen LogP contribution in [0.4, 0.5) is 4.79 Å². The predicted octanol–water partition coefficient (Wildman–Crippen LogP) is 6.51. The summed E-state index contributed by atoms with van der Waals surface area (Å²) in [5, 5.41) is 2.73. The van der Waals surface area contributed by atoms with Crippen molar-refractivity contribution in [3.63, 3.8) is 0 Å². The first-order valence-corrected chi connectivity index (χ1v) is 12.4. The third kappa shape index (κ3) is 11.7. The third-order valence-corrected chi connectivity index (χ3v) is 5.88. The van der Waals surface area contributed by atoms with Gasteiger partial charge in [0, 0.05) is 0 Å². The van der Waals surface area contributed by atoms with Crippen LogP contribution in [0.1, 0.15) is 110 Å². The van der Waals surface area contributed by atoms with Gasteiger partial charge in [-0.2, -0.15) is 0 Å². The molecule has 6 heteroatoms. The number of hydrogen-bond donors (Lipinski definition) is 1. The predicted molar refractivity (Wildman–Crippen MR) is 118 cm³/mol. The number of halogens is 1. The van der Waals surface area contributed by atoms with E-state index in [1.54, 1.807) is 0 Å². The normalized spacial score (nSPS) is 15.2. The molecule has 1 N–H and O–H groups in total. The van der Waals surface area contributed by atoms with E-state index in [1.807, 2.05) is 0 Å². The van der Waals surface area contributed by atoms with Gasteiger partial charge in [0.2, 0.25) is 0 Å². The maximum absolute atomic E-state index is 12.6. The molecule has 0 heterocycles. The van der Waals surface area contributed by atoms with E-state index < -0.39 is 11.6 Å². The van der Waals surface area contributed by atoms with Crippen LogP contribution in [0.15, 0.2) is 0 Å². The van der Waals surface area contributed by atoms with Gasteiger partial charge in [-0.05, 0) is 19.3 Å². The molecule has 0 unspecified atom stereocenters. The average Bonchev–Trinajstić information content (AvgIpc) is 3.19. The van der Waals surface area contributed by atoms with Crippen molar-refractivity contribution in [3.05, 3.63) is 0 Å². The van der Waals surface area contributed by atoms with Crippen LogP contribution in [0.25, 0.3) is 0 Å². The van der Waals surface area contributed by atoms with Crippen molar-refractivity contribution >= 4 is 23.7 Å². The van der Waals surface area contributed by atoms with Crippen molar-refractivity contribution in [2.24, 2.45) is 0 Å². The van der Waals surface area contributed by atoms with E-state index in [-0.39, 0.29) is 18.5 Å². The molecular formula is C23H42ClNO4. The number of rotatable bonds is 17. The Morgan fingerprint density at radius 3 is 1.83 bits per heavy atom. The summed E-state index contributed by atoms with van der Waals surface area (Å²) < 4.78 is 10.5. The van der Waals surface area contributed by atoms with Crippen molar-refractivity contribution in [1.29, 1.82) is 0 Å². The van der Waals surface area contributed by atoms with Crippen molar-refractivity contribution in [2.75, 3.05) is 19.1 Å². The highest BCUT2D eigenvalue weighted by molar-refractivity contribution is 6.18. The van der Waals surface area contributed by atoms with E-state index in [0.717, 1.165) is 25.7 Å². The number of ether oxygens (including phenoxy) is 2. The van der Waals surface area contributed by atoms with Crippen LogP contribution in [0, 0.1) is 0 Å². The van der Waals surface area contributed by atoms with Gasteiger partial charge in [0.15, 0.2) is 0 Å². The summed E-state index contributed by atoms with van der Waals surface area (Å²) in [6, 6.07) is 0. The fourth-order valence-corrected chi connectivity index (χ4v) is 4.04. The number of amides is 1. The lowest BCUT2D eigenvalue weighted by atomic mass is 9.98. The fourth-order valence-electron chi connectivity index (χ4n) is 3.97. The van der Waals surface area contributed by atoms with Crippen LogP contribution in [0.5, 0.6) is 0 Å². The van der Waals surface area contributed by atoms with E-state index in [9.17, 15) is 9.59 Å². The smallest absolute Gasteiger partial charge is 0.408 e. The maximum Gasteiger partial charge on any atom is 0.408 e. The number of unbranched alkanes of at least 4 members (excludes halogenated alkanes) is 11. The van der Waals surface area contributed by atoms with E-state index in [4.69, 9.17) is 21.1 Å². The second-order valence-electron chi connectivity index (χ2n) is 8.26. The fraction of sp³-hybridized carbons (Fsp3) is 0.913. The van der Waals surface area contributed by atoms with Crippen LogP contribution >= 0.6 is 11.6 Å². The molecule has 0 aromatic heterocycles. The Kier molecular flexibility index (Phi) is 15.1. The number of carbonyl (C=O) groups excluding carboxylic acids is 2. The van der Waals surface area contributed by atoms with Gasteiger partial charge in [0.05, 0.1) is 12.5 Å². The Hall–Kier alpha value is -0.970. The Labute approximate surface area is 182 Å². The van der Waals surface area contributed by atoms with Crippen LogP contribution < -0.4 is 5.32 Å². The molecule has 0 bridgehead atoms. The summed E-state index contributed by atoms with van der Waals surface area (Å²) in [5.41, 5.74) is -0.916. The highest BCUT2D eigenvalue weighted by Crippen LogP contribution is 2.31. The van der Waals surface area contributed by atoms with Crippen molar-refractivity contribution in [3.8, 4) is 0 Å². The lowest BCUT2D eigenvalue weighted by molar-refractivity contribution is -0.151. The van der Waals surface area contributed by atoms with Gasteiger partial charge >= 0.3 is 12.1 Å². The van der Waals surface area contributed by atoms with Gasteiger partial charge < -0.3 is 14.8 Å². The molecule has 0 spiro atoms. The zero-order valence-corrected chi connectivity index (χ0v) is 19.2. The lowest BCUT2D eigenvalue weighted by Crippen LogP contribution is -2.53. The van der Waals surface area contributed by atoms with Crippen molar-refractivity contribution in [1.82, 2.24) is 5.32 Å². The monoisotopic (exact) mass is 431 g/mol. The first-order chi connectivity index (χ1) is 14.1. The molecule has 0 atom stereocenters. The average molecular weight is 432 g/mol. The van der Waals surface area contributed by atoms with E-state index >= 15 is 0 Å². The highest BCUT2D eigenvalue weighted by Gasteiger charge is 2.44. The summed E-state index contributed by atoms with van der Waals surface area (Å²) >= 11 is 5.53. The summed E-state index contributed by atoms with van der Waals surface area (Å²) in [6.45, 7) is 2.82. The first kappa shape index (κ1) is 26.1. The molecule has 0 saturated heterocycles. The van der Waals surface area contributed by atoms with Crippen molar-refractivity contribution < 1.29 is 19.1 Å². The maximum atomic E-state index is 12.6. The Morgan fingerprint density at radius 2 is 1.31 bits per heavy atom. The number of carbonyl (C=O) groups is 2. The number of alkyl carbamates (subject to hydrolysis) is 1. The number of esters is 1. The van der Waals surface area contributed by atoms with Gasteiger partial charge in [-0.3, -0.25) is 0 Å². The molecule has 1 aliphatic rings.